The van der Waals surface area contributed by atoms with Crippen molar-refractivity contribution in [1.82, 2.24) is 10.3 Å². The molecule has 6 heteroatoms. The second-order valence-corrected chi connectivity index (χ2v) is 6.30. The van der Waals surface area contributed by atoms with E-state index in [2.05, 4.69) is 27.0 Å². The number of carbonyl (C=O) groups is 2. The number of fused-ring (bicyclic) bond motifs is 1. The SMILES string of the molecule is CCNC(=O)Nc1cc2cc(-c3ccccc3NC(C)=O)cc(C)c2cn1. The fourth-order valence-corrected chi connectivity index (χ4v) is 3.02. The van der Waals surface area contributed by atoms with Crippen LogP contribution in [0, 0.1) is 6.92 Å². The van der Waals surface area contributed by atoms with Crippen LogP contribution in [0.15, 0.2) is 48.7 Å². The van der Waals surface area contributed by atoms with E-state index in [4.69, 9.17) is 0 Å². The molecule has 0 aliphatic rings. The van der Waals surface area contributed by atoms with Gasteiger partial charge in [-0.2, -0.15) is 0 Å². The van der Waals surface area contributed by atoms with Crippen LogP contribution in [0.5, 0.6) is 0 Å². The van der Waals surface area contributed by atoms with Gasteiger partial charge in [0.05, 0.1) is 0 Å². The van der Waals surface area contributed by atoms with Crippen LogP contribution in [-0.2, 0) is 4.79 Å². The molecule has 0 aliphatic heterocycles. The number of nitrogens with zero attached hydrogens (tertiary/aromatic N) is 1. The third-order valence-corrected chi connectivity index (χ3v) is 4.17. The number of rotatable bonds is 4. The Kier molecular flexibility index (Phi) is 5.35. The quantitative estimate of drug-likeness (QED) is 0.647. The molecule has 0 bridgehead atoms. The van der Waals surface area contributed by atoms with Gasteiger partial charge in [-0.3, -0.25) is 10.1 Å². The van der Waals surface area contributed by atoms with Gasteiger partial charge in [-0.25, -0.2) is 9.78 Å². The first-order valence-corrected chi connectivity index (χ1v) is 8.80. The normalized spacial score (nSPS) is 10.5. The fraction of sp³-hybridized carbons (Fsp3) is 0.190. The van der Waals surface area contributed by atoms with Crippen molar-refractivity contribution in [2.75, 3.05) is 17.2 Å². The van der Waals surface area contributed by atoms with Crippen LogP contribution in [0.2, 0.25) is 0 Å². The zero-order valence-corrected chi connectivity index (χ0v) is 15.6. The minimum Gasteiger partial charge on any atom is -0.338 e. The minimum absolute atomic E-state index is 0.113. The lowest BCUT2D eigenvalue weighted by atomic mass is 9.97. The first kappa shape index (κ1) is 18.4. The van der Waals surface area contributed by atoms with Crippen LogP contribution in [0.25, 0.3) is 21.9 Å². The lowest BCUT2D eigenvalue weighted by Gasteiger charge is -2.13. The van der Waals surface area contributed by atoms with Crippen molar-refractivity contribution >= 4 is 34.2 Å². The van der Waals surface area contributed by atoms with Gasteiger partial charge in [0.25, 0.3) is 0 Å². The molecular formula is C21H22N4O2. The number of aromatic nitrogens is 1. The summed E-state index contributed by atoms with van der Waals surface area (Å²) < 4.78 is 0. The average Bonchev–Trinajstić information content (AvgIpc) is 2.61. The number of amides is 3. The van der Waals surface area contributed by atoms with Crippen molar-refractivity contribution in [2.45, 2.75) is 20.8 Å². The largest absolute Gasteiger partial charge is 0.338 e. The second-order valence-electron chi connectivity index (χ2n) is 6.30. The Morgan fingerprint density at radius 3 is 2.59 bits per heavy atom. The molecule has 3 rings (SSSR count). The number of anilines is 2. The second kappa shape index (κ2) is 7.86. The summed E-state index contributed by atoms with van der Waals surface area (Å²) in [6.07, 6.45) is 1.76. The minimum atomic E-state index is -0.284. The number of hydrogen-bond acceptors (Lipinski definition) is 3. The van der Waals surface area contributed by atoms with E-state index in [1.165, 1.54) is 6.92 Å². The molecule has 0 radical (unpaired) electrons. The van der Waals surface area contributed by atoms with Gasteiger partial charge in [-0.05, 0) is 48.6 Å². The number of benzene rings is 2. The van der Waals surface area contributed by atoms with Crippen LogP contribution in [-0.4, -0.2) is 23.5 Å². The maximum absolute atomic E-state index is 11.7. The van der Waals surface area contributed by atoms with Crippen LogP contribution >= 0.6 is 0 Å². The Morgan fingerprint density at radius 1 is 1.07 bits per heavy atom. The van der Waals surface area contributed by atoms with Crippen LogP contribution < -0.4 is 16.0 Å². The van der Waals surface area contributed by atoms with Crippen molar-refractivity contribution in [3.63, 3.8) is 0 Å². The molecule has 0 atom stereocenters. The molecular weight excluding hydrogens is 340 g/mol. The number of nitrogens with one attached hydrogen (secondary N) is 3. The lowest BCUT2D eigenvalue weighted by Crippen LogP contribution is -2.28. The van der Waals surface area contributed by atoms with E-state index < -0.39 is 0 Å². The van der Waals surface area contributed by atoms with Gasteiger partial charge < -0.3 is 10.6 Å². The van der Waals surface area contributed by atoms with Gasteiger partial charge in [0.1, 0.15) is 5.82 Å². The summed E-state index contributed by atoms with van der Waals surface area (Å²) in [5.74, 6) is 0.373. The Hall–Kier alpha value is -3.41. The van der Waals surface area contributed by atoms with Gasteiger partial charge in [0.2, 0.25) is 5.91 Å². The van der Waals surface area contributed by atoms with E-state index in [-0.39, 0.29) is 11.9 Å². The monoisotopic (exact) mass is 362 g/mol. The summed E-state index contributed by atoms with van der Waals surface area (Å²) in [6, 6.07) is 13.4. The molecule has 0 unspecified atom stereocenters. The van der Waals surface area contributed by atoms with Crippen molar-refractivity contribution in [1.29, 1.82) is 0 Å². The van der Waals surface area contributed by atoms with Gasteiger partial charge >= 0.3 is 6.03 Å². The van der Waals surface area contributed by atoms with Gasteiger partial charge in [0, 0.05) is 36.3 Å². The molecule has 2 aromatic carbocycles. The molecule has 1 heterocycles. The maximum atomic E-state index is 11.7. The van der Waals surface area contributed by atoms with E-state index in [1.54, 1.807) is 6.20 Å². The summed E-state index contributed by atoms with van der Waals surface area (Å²) in [7, 11) is 0. The van der Waals surface area contributed by atoms with E-state index in [0.717, 1.165) is 33.2 Å². The molecule has 0 saturated heterocycles. The Bertz CT molecular complexity index is 1010. The molecule has 6 nitrogen and oxygen atoms in total. The molecule has 138 valence electrons. The highest BCUT2D eigenvalue weighted by Gasteiger charge is 2.10. The first-order valence-electron chi connectivity index (χ1n) is 8.80. The number of hydrogen-bond donors (Lipinski definition) is 3. The highest BCUT2D eigenvalue weighted by molar-refractivity contribution is 5.98. The Balaban J connectivity index is 2.05. The first-order chi connectivity index (χ1) is 13.0. The predicted octanol–water partition coefficient (Wildman–Crippen LogP) is 4.31. The lowest BCUT2D eigenvalue weighted by molar-refractivity contribution is -0.114. The van der Waals surface area contributed by atoms with E-state index >= 15 is 0 Å². The van der Waals surface area contributed by atoms with Crippen molar-refractivity contribution in [3.8, 4) is 11.1 Å². The van der Waals surface area contributed by atoms with Crippen molar-refractivity contribution in [3.05, 3.63) is 54.2 Å². The third kappa shape index (κ3) is 4.23. The van der Waals surface area contributed by atoms with Crippen molar-refractivity contribution < 1.29 is 9.59 Å². The predicted molar refractivity (Wildman–Crippen MR) is 109 cm³/mol. The van der Waals surface area contributed by atoms with Gasteiger partial charge in [0.15, 0.2) is 0 Å². The molecule has 3 aromatic rings. The Morgan fingerprint density at radius 2 is 1.85 bits per heavy atom. The van der Waals surface area contributed by atoms with E-state index in [1.807, 2.05) is 50.2 Å². The molecule has 0 fully saturated rings. The van der Waals surface area contributed by atoms with Gasteiger partial charge in [-0.1, -0.05) is 24.3 Å². The van der Waals surface area contributed by atoms with Crippen LogP contribution in [0.4, 0.5) is 16.3 Å². The van der Waals surface area contributed by atoms with Gasteiger partial charge in [-0.15, -0.1) is 0 Å². The van der Waals surface area contributed by atoms with Crippen molar-refractivity contribution in [2.24, 2.45) is 0 Å². The summed E-state index contributed by atoms with van der Waals surface area (Å²) in [4.78, 5) is 27.6. The number of carbonyl (C=O) groups excluding carboxylic acids is 2. The zero-order chi connectivity index (χ0) is 19.4. The summed E-state index contributed by atoms with van der Waals surface area (Å²) in [5.41, 5.74) is 3.75. The van der Waals surface area contributed by atoms with Crippen LogP contribution in [0.1, 0.15) is 19.4 Å². The fourth-order valence-electron chi connectivity index (χ4n) is 3.02. The number of para-hydroxylation sites is 1. The summed E-state index contributed by atoms with van der Waals surface area (Å²) in [5, 5.41) is 10.3. The van der Waals surface area contributed by atoms with E-state index in [0.29, 0.717) is 12.4 Å². The number of pyridine rings is 1. The smallest absolute Gasteiger partial charge is 0.320 e. The van der Waals surface area contributed by atoms with Crippen LogP contribution in [0.3, 0.4) is 0 Å². The standard InChI is InChI=1S/C21H22N4O2/c1-4-22-21(27)25-20-11-16-10-15(9-13(2)18(16)12-23-20)17-7-5-6-8-19(17)24-14(3)26/h5-12H,4H2,1-3H3,(H,24,26)(H2,22,23,25,27). The highest BCUT2D eigenvalue weighted by atomic mass is 16.2. The summed E-state index contributed by atoms with van der Waals surface area (Å²) >= 11 is 0. The molecule has 3 N–H and O–H groups in total. The maximum Gasteiger partial charge on any atom is 0.320 e. The topological polar surface area (TPSA) is 83.1 Å². The highest BCUT2D eigenvalue weighted by Crippen LogP contribution is 2.32. The zero-order valence-electron chi connectivity index (χ0n) is 15.6. The molecule has 27 heavy (non-hydrogen) atoms. The third-order valence-electron chi connectivity index (χ3n) is 4.17. The number of aryl methyl sites for hydroxylation is 1. The Labute approximate surface area is 158 Å². The molecule has 0 spiro atoms. The number of urea groups is 1. The molecule has 0 aliphatic carbocycles. The molecule has 1 aromatic heterocycles. The van der Waals surface area contributed by atoms with E-state index in [9.17, 15) is 9.59 Å². The summed E-state index contributed by atoms with van der Waals surface area (Å²) in [6.45, 7) is 5.91. The molecule has 0 saturated carbocycles. The molecule has 3 amide bonds. The average molecular weight is 362 g/mol.